The molecule has 1 fully saturated rings. The van der Waals surface area contributed by atoms with Crippen molar-refractivity contribution in [2.24, 2.45) is 4.99 Å². The molecule has 2 aromatic carbocycles. The van der Waals surface area contributed by atoms with Crippen LogP contribution in [-0.4, -0.2) is 57.0 Å². The van der Waals surface area contributed by atoms with Crippen molar-refractivity contribution in [1.82, 2.24) is 4.31 Å². The molecule has 0 unspecified atom stereocenters. The first-order valence-electron chi connectivity index (χ1n) is 9.60. The fourth-order valence-corrected chi connectivity index (χ4v) is 4.61. The highest BCUT2D eigenvalue weighted by atomic mass is 32.2. The predicted molar refractivity (Wildman–Crippen MR) is 112 cm³/mol. The number of hydrogen-bond donors (Lipinski definition) is 1. The fraction of sp³-hybridized carbons (Fsp3) is 0.381. The van der Waals surface area contributed by atoms with Crippen molar-refractivity contribution in [3.05, 3.63) is 47.5 Å². The van der Waals surface area contributed by atoms with E-state index in [0.717, 1.165) is 6.42 Å². The zero-order valence-corrected chi connectivity index (χ0v) is 17.5. The Bertz CT molecular complexity index is 983. The van der Waals surface area contributed by atoms with Crippen LogP contribution >= 0.6 is 0 Å². The highest BCUT2D eigenvalue weighted by molar-refractivity contribution is 7.89. The van der Waals surface area contributed by atoms with E-state index in [1.165, 1.54) is 10.5 Å². The van der Waals surface area contributed by atoms with E-state index in [9.17, 15) is 13.5 Å². The van der Waals surface area contributed by atoms with Crippen LogP contribution in [0.25, 0.3) is 0 Å². The van der Waals surface area contributed by atoms with Gasteiger partial charge in [-0.15, -0.1) is 0 Å². The highest BCUT2D eigenvalue weighted by Crippen LogP contribution is 2.27. The molecule has 0 aliphatic carbocycles. The molecule has 1 heterocycles. The number of rotatable bonds is 7. The third-order valence-corrected chi connectivity index (χ3v) is 6.63. The second-order valence-electron chi connectivity index (χ2n) is 6.79. The summed E-state index contributed by atoms with van der Waals surface area (Å²) in [6.07, 6.45) is 2.39. The molecule has 0 saturated carbocycles. The van der Waals surface area contributed by atoms with E-state index in [0.29, 0.717) is 55.5 Å². The summed E-state index contributed by atoms with van der Waals surface area (Å²) in [6, 6.07) is 10.1. The average Bonchev–Trinajstić information content (AvgIpc) is 2.73. The summed E-state index contributed by atoms with van der Waals surface area (Å²) in [5.41, 5.74) is 1.68. The first kappa shape index (κ1) is 21.3. The SMILES string of the molecule is CCCOc1ccc(C=Nc2ccc(C)c(S(=O)(=O)N3CCOCC3)c2)c(O)c1. The van der Waals surface area contributed by atoms with Crippen molar-refractivity contribution in [2.45, 2.75) is 25.2 Å². The highest BCUT2D eigenvalue weighted by Gasteiger charge is 2.27. The van der Waals surface area contributed by atoms with Crippen molar-refractivity contribution >= 4 is 21.9 Å². The molecule has 7 nitrogen and oxygen atoms in total. The monoisotopic (exact) mass is 418 g/mol. The molecule has 1 aliphatic heterocycles. The number of aliphatic imine (C=N–C) groups is 1. The molecule has 8 heteroatoms. The first-order valence-corrected chi connectivity index (χ1v) is 11.0. The van der Waals surface area contributed by atoms with Gasteiger partial charge in [-0.2, -0.15) is 4.31 Å². The van der Waals surface area contributed by atoms with Crippen LogP contribution in [0.15, 0.2) is 46.3 Å². The lowest BCUT2D eigenvalue weighted by Gasteiger charge is -2.26. The standard InChI is InChI=1S/C21H26N2O5S/c1-3-10-28-19-7-5-17(20(24)14-19)15-22-18-6-4-16(2)21(13-18)29(25,26)23-8-11-27-12-9-23/h4-7,13-15,24H,3,8-12H2,1-2H3. The van der Waals surface area contributed by atoms with Gasteiger partial charge in [-0.3, -0.25) is 4.99 Å². The zero-order valence-electron chi connectivity index (χ0n) is 16.7. The summed E-state index contributed by atoms with van der Waals surface area (Å²) in [5, 5.41) is 10.2. The number of phenols is 1. The van der Waals surface area contributed by atoms with E-state index in [1.54, 1.807) is 43.3 Å². The smallest absolute Gasteiger partial charge is 0.243 e. The lowest BCUT2D eigenvalue weighted by Crippen LogP contribution is -2.40. The van der Waals surface area contributed by atoms with Crippen molar-refractivity contribution in [3.63, 3.8) is 0 Å². The largest absolute Gasteiger partial charge is 0.507 e. The number of aryl methyl sites for hydroxylation is 1. The Morgan fingerprint density at radius 3 is 2.66 bits per heavy atom. The Balaban J connectivity index is 1.83. The minimum atomic E-state index is -3.61. The second-order valence-corrected chi connectivity index (χ2v) is 8.70. The summed E-state index contributed by atoms with van der Waals surface area (Å²) in [5.74, 6) is 0.645. The van der Waals surface area contributed by atoms with Gasteiger partial charge >= 0.3 is 0 Å². The number of hydrogen-bond acceptors (Lipinski definition) is 6. The van der Waals surface area contributed by atoms with E-state index < -0.39 is 10.0 Å². The van der Waals surface area contributed by atoms with Gasteiger partial charge < -0.3 is 14.6 Å². The molecular formula is C21H26N2O5S. The fourth-order valence-electron chi connectivity index (χ4n) is 2.96. The zero-order chi connectivity index (χ0) is 20.9. The van der Waals surface area contributed by atoms with E-state index in [4.69, 9.17) is 9.47 Å². The molecular weight excluding hydrogens is 392 g/mol. The number of aromatic hydroxyl groups is 1. The van der Waals surface area contributed by atoms with Gasteiger partial charge in [0.1, 0.15) is 11.5 Å². The number of morpholine rings is 1. The average molecular weight is 419 g/mol. The molecule has 29 heavy (non-hydrogen) atoms. The summed E-state index contributed by atoms with van der Waals surface area (Å²) in [7, 11) is -3.61. The van der Waals surface area contributed by atoms with E-state index in [1.807, 2.05) is 6.92 Å². The van der Waals surface area contributed by atoms with Crippen molar-refractivity contribution in [2.75, 3.05) is 32.9 Å². The van der Waals surface area contributed by atoms with E-state index >= 15 is 0 Å². The van der Waals surface area contributed by atoms with Crippen molar-refractivity contribution in [1.29, 1.82) is 0 Å². The van der Waals surface area contributed by atoms with E-state index in [2.05, 4.69) is 4.99 Å². The number of ether oxygens (including phenoxy) is 2. The summed E-state index contributed by atoms with van der Waals surface area (Å²) in [4.78, 5) is 4.59. The van der Waals surface area contributed by atoms with E-state index in [-0.39, 0.29) is 10.6 Å². The van der Waals surface area contributed by atoms with Gasteiger partial charge in [0.05, 0.1) is 30.4 Å². The Kier molecular flexibility index (Phi) is 6.89. The Morgan fingerprint density at radius 2 is 1.97 bits per heavy atom. The maximum atomic E-state index is 13.0. The minimum Gasteiger partial charge on any atom is -0.507 e. The molecule has 0 bridgehead atoms. The van der Waals surface area contributed by atoms with Gasteiger partial charge in [0.15, 0.2) is 0 Å². The van der Waals surface area contributed by atoms with Gasteiger partial charge in [0.25, 0.3) is 0 Å². The summed E-state index contributed by atoms with van der Waals surface area (Å²) in [6.45, 7) is 5.83. The molecule has 2 aromatic rings. The lowest BCUT2D eigenvalue weighted by atomic mass is 10.2. The molecule has 156 valence electrons. The number of nitrogens with zero attached hydrogens (tertiary/aromatic N) is 2. The molecule has 0 atom stereocenters. The molecule has 0 aromatic heterocycles. The Hall–Kier alpha value is -2.42. The summed E-state index contributed by atoms with van der Waals surface area (Å²) >= 11 is 0. The van der Waals surface area contributed by atoms with Crippen molar-refractivity contribution in [3.8, 4) is 11.5 Å². The normalized spacial score (nSPS) is 15.7. The Morgan fingerprint density at radius 1 is 1.21 bits per heavy atom. The number of sulfonamides is 1. The molecule has 0 amide bonds. The predicted octanol–water partition coefficient (Wildman–Crippen LogP) is 3.26. The molecule has 1 N–H and O–H groups in total. The molecule has 0 radical (unpaired) electrons. The van der Waals surface area contributed by atoms with Crippen LogP contribution in [0.1, 0.15) is 24.5 Å². The van der Waals surface area contributed by atoms with Gasteiger partial charge in [-0.25, -0.2) is 8.42 Å². The first-order chi connectivity index (χ1) is 13.9. The quantitative estimate of drug-likeness (QED) is 0.697. The van der Waals surface area contributed by atoms with Crippen LogP contribution in [0.4, 0.5) is 5.69 Å². The second kappa shape index (κ2) is 9.39. The van der Waals surface area contributed by atoms with Crippen LogP contribution in [-0.2, 0) is 14.8 Å². The van der Waals surface area contributed by atoms with Crippen LogP contribution in [0.2, 0.25) is 0 Å². The third kappa shape index (κ3) is 5.14. The topological polar surface area (TPSA) is 88.4 Å². The van der Waals surface area contributed by atoms with Crippen molar-refractivity contribution < 1.29 is 23.0 Å². The Labute approximate surface area is 171 Å². The third-order valence-electron chi connectivity index (χ3n) is 4.59. The lowest BCUT2D eigenvalue weighted by molar-refractivity contribution is 0.0730. The maximum Gasteiger partial charge on any atom is 0.243 e. The van der Waals surface area contributed by atoms with Crippen LogP contribution in [0.5, 0.6) is 11.5 Å². The van der Waals surface area contributed by atoms with Crippen LogP contribution < -0.4 is 4.74 Å². The van der Waals surface area contributed by atoms with Gasteiger partial charge in [-0.05, 0) is 43.2 Å². The molecule has 1 saturated heterocycles. The number of phenolic OH excluding ortho intramolecular Hbond substituents is 1. The van der Waals surface area contributed by atoms with Crippen LogP contribution in [0.3, 0.4) is 0 Å². The van der Waals surface area contributed by atoms with Gasteiger partial charge in [-0.1, -0.05) is 13.0 Å². The van der Waals surface area contributed by atoms with Gasteiger partial charge in [0.2, 0.25) is 10.0 Å². The van der Waals surface area contributed by atoms with Crippen LogP contribution in [0, 0.1) is 6.92 Å². The maximum absolute atomic E-state index is 13.0. The van der Waals surface area contributed by atoms with Gasteiger partial charge in [0, 0.05) is 30.9 Å². The molecule has 1 aliphatic rings. The summed E-state index contributed by atoms with van der Waals surface area (Å²) < 4.78 is 38.1. The number of benzene rings is 2. The molecule has 3 rings (SSSR count). The minimum absolute atomic E-state index is 0.0515. The molecule has 0 spiro atoms.